The number of aryl methyl sites for hydroxylation is 2. The third kappa shape index (κ3) is 5.00. The van der Waals surface area contributed by atoms with Crippen molar-refractivity contribution < 1.29 is 9.21 Å². The summed E-state index contributed by atoms with van der Waals surface area (Å²) in [5, 5.41) is 15.7. The second-order valence-electron chi connectivity index (χ2n) is 8.25. The van der Waals surface area contributed by atoms with Gasteiger partial charge in [0, 0.05) is 16.3 Å². The SMILES string of the molecule is CCc1ccc(-n2nc3cc(C)c(NC(=S)NC(=O)c4ccc(-c5cccc(Cl)c5)o4)cc3n2)cc1. The molecule has 2 aromatic heterocycles. The Morgan fingerprint density at radius 1 is 1.03 bits per heavy atom. The number of carbonyl (C=O) groups is 1. The molecule has 5 rings (SSSR count). The van der Waals surface area contributed by atoms with Gasteiger partial charge in [0.15, 0.2) is 10.9 Å². The minimum absolute atomic E-state index is 0.137. The highest BCUT2D eigenvalue weighted by Crippen LogP contribution is 2.25. The highest BCUT2D eigenvalue weighted by Gasteiger charge is 2.15. The Bertz CT molecular complexity index is 1590. The number of nitrogens with one attached hydrogen (secondary N) is 2. The van der Waals surface area contributed by atoms with Crippen LogP contribution < -0.4 is 10.6 Å². The smallest absolute Gasteiger partial charge is 0.293 e. The molecule has 0 fully saturated rings. The van der Waals surface area contributed by atoms with Crippen LogP contribution in [0.5, 0.6) is 0 Å². The predicted octanol–water partition coefficient (Wildman–Crippen LogP) is 6.33. The summed E-state index contributed by atoms with van der Waals surface area (Å²) in [6.45, 7) is 4.05. The molecule has 0 aliphatic carbocycles. The predicted molar refractivity (Wildman–Crippen MR) is 146 cm³/mol. The minimum atomic E-state index is -0.457. The molecule has 5 aromatic rings. The Labute approximate surface area is 218 Å². The van der Waals surface area contributed by atoms with Gasteiger partial charge in [0.1, 0.15) is 16.8 Å². The number of benzene rings is 3. The zero-order valence-corrected chi connectivity index (χ0v) is 21.2. The van der Waals surface area contributed by atoms with Crippen molar-refractivity contribution in [2.75, 3.05) is 5.32 Å². The van der Waals surface area contributed by atoms with E-state index in [2.05, 4.69) is 39.9 Å². The molecule has 0 spiro atoms. The normalized spacial score (nSPS) is 11.0. The van der Waals surface area contributed by atoms with E-state index in [1.165, 1.54) is 5.56 Å². The number of nitrogens with zero attached hydrogens (tertiary/aromatic N) is 3. The van der Waals surface area contributed by atoms with Crippen molar-refractivity contribution >= 4 is 51.6 Å². The lowest BCUT2D eigenvalue weighted by Crippen LogP contribution is -2.34. The molecule has 0 radical (unpaired) electrons. The summed E-state index contributed by atoms with van der Waals surface area (Å²) in [5.41, 5.74) is 6.01. The van der Waals surface area contributed by atoms with Crippen molar-refractivity contribution in [1.82, 2.24) is 20.3 Å². The Morgan fingerprint density at radius 2 is 1.78 bits per heavy atom. The first-order valence-corrected chi connectivity index (χ1v) is 12.1. The third-order valence-corrected chi connectivity index (χ3v) is 6.16. The van der Waals surface area contributed by atoms with Crippen molar-refractivity contribution in [1.29, 1.82) is 0 Å². The molecule has 0 saturated heterocycles. The fourth-order valence-corrected chi connectivity index (χ4v) is 4.15. The molecule has 180 valence electrons. The second-order valence-corrected chi connectivity index (χ2v) is 9.09. The molecule has 2 N–H and O–H groups in total. The number of furan rings is 1. The fourth-order valence-electron chi connectivity index (χ4n) is 3.76. The molecule has 9 heteroatoms. The van der Waals surface area contributed by atoms with Crippen LogP contribution in [0.3, 0.4) is 0 Å². The summed E-state index contributed by atoms with van der Waals surface area (Å²) in [5.74, 6) is 0.217. The first-order chi connectivity index (χ1) is 17.4. The Morgan fingerprint density at radius 3 is 2.50 bits per heavy atom. The Balaban J connectivity index is 1.29. The standard InChI is InChI=1S/C27H22ClN5O2S/c1-3-17-7-9-20(10-8-17)33-31-22-13-16(2)21(15-23(22)32-33)29-27(36)30-26(34)25-12-11-24(35-25)18-5-4-6-19(28)14-18/h4-15H,3H2,1-2H3,(H2,29,30,34,36). The summed E-state index contributed by atoms with van der Waals surface area (Å²) in [6.07, 6.45) is 0.975. The van der Waals surface area contributed by atoms with Gasteiger partial charge in [0.05, 0.1) is 5.69 Å². The van der Waals surface area contributed by atoms with Gasteiger partial charge in [-0.3, -0.25) is 10.1 Å². The number of fused-ring (bicyclic) bond motifs is 1. The van der Waals surface area contributed by atoms with Gasteiger partial charge in [0.25, 0.3) is 5.91 Å². The number of anilines is 1. The number of rotatable bonds is 5. The molecule has 0 saturated carbocycles. The van der Waals surface area contributed by atoms with Crippen LogP contribution in [0.2, 0.25) is 5.02 Å². The second kappa shape index (κ2) is 9.93. The first-order valence-electron chi connectivity index (χ1n) is 11.3. The molecular weight excluding hydrogens is 494 g/mol. The molecule has 0 unspecified atom stereocenters. The molecule has 1 amide bonds. The minimum Gasteiger partial charge on any atom is -0.451 e. The van der Waals surface area contributed by atoms with Crippen LogP contribution in [0.15, 0.2) is 77.2 Å². The summed E-state index contributed by atoms with van der Waals surface area (Å²) in [6, 6.07) is 22.4. The highest BCUT2D eigenvalue weighted by molar-refractivity contribution is 7.80. The number of aromatic nitrogens is 3. The van der Waals surface area contributed by atoms with E-state index in [0.717, 1.165) is 34.4 Å². The zero-order valence-electron chi connectivity index (χ0n) is 19.6. The van der Waals surface area contributed by atoms with Crippen LogP contribution in [0, 0.1) is 6.92 Å². The van der Waals surface area contributed by atoms with Crippen LogP contribution >= 0.6 is 23.8 Å². The zero-order chi connectivity index (χ0) is 25.2. The van der Waals surface area contributed by atoms with Crippen molar-refractivity contribution in [3.63, 3.8) is 0 Å². The maximum absolute atomic E-state index is 12.7. The molecule has 0 bridgehead atoms. The van der Waals surface area contributed by atoms with E-state index in [1.807, 2.05) is 43.3 Å². The van der Waals surface area contributed by atoms with Gasteiger partial charge >= 0.3 is 0 Å². The van der Waals surface area contributed by atoms with Crippen LogP contribution in [0.1, 0.15) is 28.6 Å². The quantitative estimate of drug-likeness (QED) is 0.266. The maximum atomic E-state index is 12.7. The van der Waals surface area contributed by atoms with Gasteiger partial charge in [-0.15, -0.1) is 10.2 Å². The fraction of sp³-hybridized carbons (Fsp3) is 0.111. The van der Waals surface area contributed by atoms with Gasteiger partial charge < -0.3 is 9.73 Å². The van der Waals surface area contributed by atoms with Crippen molar-refractivity contribution in [3.05, 3.63) is 94.7 Å². The number of hydrogen-bond acceptors (Lipinski definition) is 5. The van der Waals surface area contributed by atoms with E-state index >= 15 is 0 Å². The van der Waals surface area contributed by atoms with Gasteiger partial charge in [0.2, 0.25) is 0 Å². The number of halogens is 1. The van der Waals surface area contributed by atoms with Gasteiger partial charge in [-0.05, 0) is 85.2 Å². The van der Waals surface area contributed by atoms with Gasteiger partial charge in [-0.25, -0.2) is 0 Å². The number of amides is 1. The molecular formula is C27H22ClN5O2S. The molecule has 2 heterocycles. The van der Waals surface area contributed by atoms with Crippen LogP contribution in [-0.4, -0.2) is 26.0 Å². The lowest BCUT2D eigenvalue weighted by molar-refractivity contribution is 0.0951. The molecule has 0 atom stereocenters. The number of thiocarbonyl (C=S) groups is 1. The highest BCUT2D eigenvalue weighted by atomic mass is 35.5. The number of carbonyl (C=O) groups excluding carboxylic acids is 1. The maximum Gasteiger partial charge on any atom is 0.293 e. The summed E-state index contributed by atoms with van der Waals surface area (Å²) in [7, 11) is 0. The molecule has 7 nitrogen and oxygen atoms in total. The van der Waals surface area contributed by atoms with Crippen LogP contribution in [0.25, 0.3) is 28.0 Å². The van der Waals surface area contributed by atoms with E-state index < -0.39 is 5.91 Å². The van der Waals surface area contributed by atoms with Crippen LogP contribution in [0.4, 0.5) is 5.69 Å². The summed E-state index contributed by atoms with van der Waals surface area (Å²) >= 11 is 11.4. The largest absolute Gasteiger partial charge is 0.451 e. The van der Waals surface area contributed by atoms with Crippen molar-refractivity contribution in [3.8, 4) is 17.0 Å². The van der Waals surface area contributed by atoms with Crippen molar-refractivity contribution in [2.24, 2.45) is 0 Å². The van der Waals surface area contributed by atoms with Crippen molar-refractivity contribution in [2.45, 2.75) is 20.3 Å². The van der Waals surface area contributed by atoms with Gasteiger partial charge in [-0.2, -0.15) is 4.80 Å². The first kappa shape index (κ1) is 23.7. The average Bonchev–Trinajstić information content (AvgIpc) is 3.52. The lowest BCUT2D eigenvalue weighted by atomic mass is 10.2. The third-order valence-electron chi connectivity index (χ3n) is 5.72. The van der Waals surface area contributed by atoms with E-state index in [-0.39, 0.29) is 10.9 Å². The monoisotopic (exact) mass is 515 g/mol. The summed E-state index contributed by atoms with van der Waals surface area (Å²) < 4.78 is 5.70. The number of hydrogen-bond donors (Lipinski definition) is 2. The Kier molecular flexibility index (Phi) is 6.54. The Hall–Kier alpha value is -4.01. The molecule has 0 aliphatic rings. The van der Waals surface area contributed by atoms with E-state index in [9.17, 15) is 4.79 Å². The van der Waals surface area contributed by atoms with Gasteiger partial charge in [-0.1, -0.05) is 42.8 Å². The topological polar surface area (TPSA) is 85.0 Å². The molecule has 36 heavy (non-hydrogen) atoms. The van der Waals surface area contributed by atoms with E-state index in [0.29, 0.717) is 16.3 Å². The molecule has 3 aromatic carbocycles. The molecule has 0 aliphatic heterocycles. The van der Waals surface area contributed by atoms with Crippen LogP contribution in [-0.2, 0) is 6.42 Å². The average molecular weight is 516 g/mol. The summed E-state index contributed by atoms with van der Waals surface area (Å²) in [4.78, 5) is 14.3. The lowest BCUT2D eigenvalue weighted by Gasteiger charge is -2.10. The van der Waals surface area contributed by atoms with E-state index in [1.54, 1.807) is 29.1 Å². The van der Waals surface area contributed by atoms with E-state index in [4.69, 9.17) is 28.2 Å².